The number of carbonyl (C=O) groups is 1. The van der Waals surface area contributed by atoms with Gasteiger partial charge in [-0.05, 0) is 72.4 Å². The molecule has 6 nitrogen and oxygen atoms in total. The van der Waals surface area contributed by atoms with Gasteiger partial charge in [0.2, 0.25) is 11.1 Å². The van der Waals surface area contributed by atoms with Crippen LogP contribution in [0.25, 0.3) is 5.69 Å². The van der Waals surface area contributed by atoms with Crippen molar-refractivity contribution in [2.45, 2.75) is 57.4 Å². The first kappa shape index (κ1) is 21.0. The summed E-state index contributed by atoms with van der Waals surface area (Å²) < 4.78 is 1.70. The van der Waals surface area contributed by atoms with Crippen LogP contribution < -0.4 is 5.32 Å². The zero-order chi connectivity index (χ0) is 21.0. The number of thioether (sulfide) groups is 1. The summed E-state index contributed by atoms with van der Waals surface area (Å²) >= 11 is 1.35. The molecular formula is C22H27N5OS. The minimum absolute atomic E-state index is 0.0683. The second-order valence-corrected chi connectivity index (χ2v) is 8.55. The van der Waals surface area contributed by atoms with Gasteiger partial charge in [-0.25, -0.2) is 0 Å². The standard InChI is InChI=1S/C22H27N5OS/c1-6-14(2)18-11-7-8-12-19(18)23-21(28)17(5)29-22-24-25-26-27(22)20-13-9-10-15(3)16(20)4/h7-14,17H,6H2,1-5H3,(H,23,28)/t14-,17-/m0/s1. The largest absolute Gasteiger partial charge is 0.325 e. The first-order chi connectivity index (χ1) is 13.9. The number of benzene rings is 2. The van der Waals surface area contributed by atoms with E-state index >= 15 is 0 Å². The van der Waals surface area contributed by atoms with E-state index in [2.05, 4.69) is 53.7 Å². The fourth-order valence-electron chi connectivity index (χ4n) is 3.08. The van der Waals surface area contributed by atoms with Crippen LogP contribution in [0.4, 0.5) is 5.69 Å². The minimum atomic E-state index is -0.352. The summed E-state index contributed by atoms with van der Waals surface area (Å²) in [6, 6.07) is 14.0. The van der Waals surface area contributed by atoms with Gasteiger partial charge in [0.25, 0.3) is 0 Å². The summed E-state index contributed by atoms with van der Waals surface area (Å²) in [5.41, 5.74) is 5.23. The number of hydrogen-bond donors (Lipinski definition) is 1. The van der Waals surface area contributed by atoms with Gasteiger partial charge in [0.05, 0.1) is 10.9 Å². The summed E-state index contributed by atoms with van der Waals surface area (Å²) in [5, 5.41) is 15.4. The molecule has 2 atom stereocenters. The van der Waals surface area contributed by atoms with Gasteiger partial charge in [-0.15, -0.1) is 5.10 Å². The SMILES string of the molecule is CC[C@H](C)c1ccccc1NC(=O)[C@H](C)Sc1nnnn1-c1cccc(C)c1C. The molecular weight excluding hydrogens is 382 g/mol. The van der Waals surface area contributed by atoms with Gasteiger partial charge >= 0.3 is 0 Å². The number of para-hydroxylation sites is 1. The average molecular weight is 410 g/mol. The van der Waals surface area contributed by atoms with E-state index in [-0.39, 0.29) is 11.2 Å². The third-order valence-electron chi connectivity index (χ3n) is 5.26. The average Bonchev–Trinajstić information content (AvgIpc) is 3.17. The van der Waals surface area contributed by atoms with Crippen LogP contribution in [0.3, 0.4) is 0 Å². The Morgan fingerprint density at radius 3 is 2.66 bits per heavy atom. The van der Waals surface area contributed by atoms with Crippen molar-refractivity contribution in [2.24, 2.45) is 0 Å². The van der Waals surface area contributed by atoms with Crippen LogP contribution in [0, 0.1) is 13.8 Å². The number of aromatic nitrogens is 4. The van der Waals surface area contributed by atoms with Gasteiger partial charge in [0, 0.05) is 5.69 Å². The first-order valence-electron chi connectivity index (χ1n) is 9.83. The number of nitrogens with one attached hydrogen (secondary N) is 1. The Bertz CT molecular complexity index is 1000. The monoisotopic (exact) mass is 409 g/mol. The van der Waals surface area contributed by atoms with E-state index in [9.17, 15) is 4.79 Å². The number of aryl methyl sites for hydroxylation is 1. The fourth-order valence-corrected chi connectivity index (χ4v) is 3.88. The van der Waals surface area contributed by atoms with Gasteiger partial charge < -0.3 is 5.32 Å². The lowest BCUT2D eigenvalue weighted by molar-refractivity contribution is -0.115. The summed E-state index contributed by atoms with van der Waals surface area (Å²) in [6.07, 6.45) is 1.02. The number of carbonyl (C=O) groups excluding carboxylic acids is 1. The Kier molecular flexibility index (Phi) is 6.69. The highest BCUT2D eigenvalue weighted by Crippen LogP contribution is 2.29. The normalized spacial score (nSPS) is 13.1. The summed E-state index contributed by atoms with van der Waals surface area (Å²) in [7, 11) is 0. The number of rotatable bonds is 7. The number of hydrogen-bond acceptors (Lipinski definition) is 5. The smallest absolute Gasteiger partial charge is 0.237 e. The maximum Gasteiger partial charge on any atom is 0.237 e. The predicted molar refractivity (Wildman–Crippen MR) is 118 cm³/mol. The molecule has 29 heavy (non-hydrogen) atoms. The molecule has 1 aromatic heterocycles. The van der Waals surface area contributed by atoms with Crippen molar-refractivity contribution in [3.05, 3.63) is 59.2 Å². The second kappa shape index (κ2) is 9.22. The molecule has 7 heteroatoms. The zero-order valence-corrected chi connectivity index (χ0v) is 18.3. The topological polar surface area (TPSA) is 72.7 Å². The zero-order valence-electron chi connectivity index (χ0n) is 17.5. The molecule has 3 rings (SSSR count). The molecule has 0 aliphatic carbocycles. The van der Waals surface area contributed by atoms with Crippen molar-refractivity contribution < 1.29 is 4.79 Å². The van der Waals surface area contributed by atoms with Crippen LogP contribution in [0.15, 0.2) is 47.6 Å². The van der Waals surface area contributed by atoms with Crippen molar-refractivity contribution in [2.75, 3.05) is 5.32 Å². The molecule has 0 aliphatic rings. The van der Waals surface area contributed by atoms with E-state index in [1.807, 2.05) is 44.2 Å². The minimum Gasteiger partial charge on any atom is -0.325 e. The molecule has 0 spiro atoms. The fraction of sp³-hybridized carbons (Fsp3) is 0.364. The number of nitrogens with zero attached hydrogens (tertiary/aromatic N) is 4. The molecule has 0 bridgehead atoms. The van der Waals surface area contributed by atoms with E-state index in [4.69, 9.17) is 0 Å². The molecule has 2 aromatic carbocycles. The summed E-state index contributed by atoms with van der Waals surface area (Å²) in [6.45, 7) is 10.3. The molecule has 1 N–H and O–H groups in total. The van der Waals surface area contributed by atoms with Crippen molar-refractivity contribution in [3.63, 3.8) is 0 Å². The Morgan fingerprint density at radius 1 is 1.14 bits per heavy atom. The van der Waals surface area contributed by atoms with Crippen molar-refractivity contribution in [3.8, 4) is 5.69 Å². The van der Waals surface area contributed by atoms with E-state index < -0.39 is 0 Å². The van der Waals surface area contributed by atoms with E-state index in [0.29, 0.717) is 11.1 Å². The molecule has 152 valence electrons. The highest BCUT2D eigenvalue weighted by molar-refractivity contribution is 8.00. The van der Waals surface area contributed by atoms with E-state index in [1.165, 1.54) is 17.3 Å². The van der Waals surface area contributed by atoms with Crippen LogP contribution in [-0.2, 0) is 4.79 Å². The lowest BCUT2D eigenvalue weighted by Gasteiger charge is -2.17. The van der Waals surface area contributed by atoms with Crippen molar-refractivity contribution >= 4 is 23.4 Å². The van der Waals surface area contributed by atoms with Gasteiger partial charge in [0.1, 0.15) is 0 Å². The molecule has 1 heterocycles. The maximum atomic E-state index is 12.9. The van der Waals surface area contributed by atoms with E-state index in [1.54, 1.807) is 4.68 Å². The maximum absolute atomic E-state index is 12.9. The number of anilines is 1. The molecule has 1 amide bonds. The second-order valence-electron chi connectivity index (χ2n) is 7.24. The van der Waals surface area contributed by atoms with Crippen molar-refractivity contribution in [1.82, 2.24) is 20.2 Å². The summed E-state index contributed by atoms with van der Waals surface area (Å²) in [5.74, 6) is 0.312. The van der Waals surface area contributed by atoms with Crippen LogP contribution in [-0.4, -0.2) is 31.4 Å². The molecule has 0 saturated heterocycles. The Labute approximate surface area is 176 Å². The Hall–Kier alpha value is -2.67. The summed E-state index contributed by atoms with van der Waals surface area (Å²) in [4.78, 5) is 12.9. The van der Waals surface area contributed by atoms with Gasteiger partial charge in [-0.1, -0.05) is 55.9 Å². The molecule has 3 aromatic rings. The lowest BCUT2D eigenvalue weighted by Crippen LogP contribution is -2.23. The highest BCUT2D eigenvalue weighted by Gasteiger charge is 2.21. The molecule has 0 fully saturated rings. The van der Waals surface area contributed by atoms with Gasteiger partial charge in [0.15, 0.2) is 0 Å². The Morgan fingerprint density at radius 2 is 1.90 bits per heavy atom. The van der Waals surface area contributed by atoms with Crippen LogP contribution in [0.5, 0.6) is 0 Å². The lowest BCUT2D eigenvalue weighted by atomic mass is 9.97. The molecule has 0 unspecified atom stereocenters. The van der Waals surface area contributed by atoms with Gasteiger partial charge in [-0.2, -0.15) is 4.68 Å². The molecule has 0 radical (unpaired) electrons. The third-order valence-corrected chi connectivity index (χ3v) is 6.29. The van der Waals surface area contributed by atoms with Crippen LogP contribution in [0.2, 0.25) is 0 Å². The van der Waals surface area contributed by atoms with Crippen molar-refractivity contribution in [1.29, 1.82) is 0 Å². The number of amides is 1. The van der Waals surface area contributed by atoms with Gasteiger partial charge in [-0.3, -0.25) is 4.79 Å². The van der Waals surface area contributed by atoms with Crippen LogP contribution in [0.1, 0.15) is 49.8 Å². The quantitative estimate of drug-likeness (QED) is 0.561. The van der Waals surface area contributed by atoms with Crippen LogP contribution >= 0.6 is 11.8 Å². The molecule has 0 aliphatic heterocycles. The number of tetrazole rings is 1. The first-order valence-corrected chi connectivity index (χ1v) is 10.7. The Balaban J connectivity index is 1.77. The van der Waals surface area contributed by atoms with E-state index in [0.717, 1.165) is 28.9 Å². The highest BCUT2D eigenvalue weighted by atomic mass is 32.2. The molecule has 0 saturated carbocycles. The predicted octanol–water partition coefficient (Wildman–Crippen LogP) is 4.91. The third kappa shape index (κ3) is 4.67.